The van der Waals surface area contributed by atoms with Crippen LogP contribution in [0.2, 0.25) is 5.15 Å². The second-order valence-electron chi connectivity index (χ2n) is 3.03. The highest BCUT2D eigenvalue weighted by Gasteiger charge is 2.12. The van der Waals surface area contributed by atoms with Gasteiger partial charge in [-0.25, -0.2) is 4.98 Å². The number of halogens is 2. The zero-order chi connectivity index (χ0) is 10.7. The van der Waals surface area contributed by atoms with Crippen molar-refractivity contribution in [2.24, 2.45) is 0 Å². The Bertz CT molecular complexity index is 374. The van der Waals surface area contributed by atoms with E-state index >= 15 is 0 Å². The van der Waals surface area contributed by atoms with Gasteiger partial charge < -0.3 is 0 Å². The predicted molar refractivity (Wildman–Crippen MR) is 65.8 cm³/mol. The summed E-state index contributed by atoms with van der Waals surface area (Å²) >= 11 is 7.68. The van der Waals surface area contributed by atoms with Crippen LogP contribution >= 0.6 is 34.2 Å². The smallest absolute Gasteiger partial charge is 0.268 e. The molecule has 0 aliphatic heterocycles. The van der Waals surface area contributed by atoms with Gasteiger partial charge in [0.05, 0.1) is 6.33 Å². The topological polar surface area (TPSA) is 34.9 Å². The number of nitrogens with zero attached hydrogens (tertiary/aromatic N) is 2. The number of hydrogen-bond acceptors (Lipinski definition) is 2. The van der Waals surface area contributed by atoms with Gasteiger partial charge in [0.25, 0.3) is 5.56 Å². The van der Waals surface area contributed by atoms with Crippen molar-refractivity contribution in [3.63, 3.8) is 0 Å². The lowest BCUT2D eigenvalue weighted by Gasteiger charge is -2.15. The normalized spacial score (nSPS) is 10.9. The largest absolute Gasteiger partial charge is 0.295 e. The van der Waals surface area contributed by atoms with E-state index in [9.17, 15) is 4.79 Å². The van der Waals surface area contributed by atoms with Crippen LogP contribution in [-0.4, -0.2) is 9.55 Å². The van der Waals surface area contributed by atoms with Crippen LogP contribution in [0.15, 0.2) is 11.1 Å². The molecule has 1 rings (SSSR count). The zero-order valence-electron chi connectivity index (χ0n) is 8.13. The molecule has 0 amide bonds. The summed E-state index contributed by atoms with van der Waals surface area (Å²) in [5, 5.41) is 0.290. The Morgan fingerprint density at radius 2 is 2.14 bits per heavy atom. The summed E-state index contributed by atoms with van der Waals surface area (Å²) in [5.41, 5.74) is -0.0423. The standard InChI is InChI=1S/C9H12ClIN2O/c1-3-6(4-2)13-5-12-8(10)7(11)9(13)14/h5-6H,3-4H2,1-2H3. The van der Waals surface area contributed by atoms with Gasteiger partial charge in [0, 0.05) is 6.04 Å². The second-order valence-corrected chi connectivity index (χ2v) is 4.47. The molecular weight excluding hydrogens is 314 g/mol. The van der Waals surface area contributed by atoms with E-state index in [0.29, 0.717) is 3.57 Å². The Balaban J connectivity index is 3.23. The number of hydrogen-bond donors (Lipinski definition) is 0. The average molecular weight is 327 g/mol. The lowest BCUT2D eigenvalue weighted by Crippen LogP contribution is -2.26. The van der Waals surface area contributed by atoms with E-state index in [1.54, 1.807) is 4.57 Å². The van der Waals surface area contributed by atoms with E-state index in [1.165, 1.54) is 6.33 Å². The van der Waals surface area contributed by atoms with Crippen LogP contribution in [0, 0.1) is 3.57 Å². The molecule has 0 atom stereocenters. The van der Waals surface area contributed by atoms with Crippen molar-refractivity contribution in [2.45, 2.75) is 32.7 Å². The highest BCUT2D eigenvalue weighted by Crippen LogP contribution is 2.15. The van der Waals surface area contributed by atoms with Gasteiger partial charge in [-0.15, -0.1) is 0 Å². The second kappa shape index (κ2) is 5.11. The van der Waals surface area contributed by atoms with Gasteiger partial charge in [0.2, 0.25) is 0 Å². The minimum Gasteiger partial charge on any atom is -0.295 e. The predicted octanol–water partition coefficient (Wildman–Crippen LogP) is 2.86. The van der Waals surface area contributed by atoms with Crippen LogP contribution in [0.25, 0.3) is 0 Å². The Labute approximate surface area is 102 Å². The molecule has 0 unspecified atom stereocenters. The van der Waals surface area contributed by atoms with E-state index in [-0.39, 0.29) is 16.8 Å². The maximum atomic E-state index is 11.8. The molecule has 78 valence electrons. The molecule has 3 nitrogen and oxygen atoms in total. The molecule has 0 spiro atoms. The molecule has 0 aliphatic rings. The Kier molecular flexibility index (Phi) is 4.37. The number of rotatable bonds is 3. The molecule has 0 bridgehead atoms. The number of aromatic nitrogens is 2. The monoisotopic (exact) mass is 326 g/mol. The van der Waals surface area contributed by atoms with Gasteiger partial charge in [-0.2, -0.15) is 0 Å². The highest BCUT2D eigenvalue weighted by molar-refractivity contribution is 14.1. The first-order valence-electron chi connectivity index (χ1n) is 4.53. The molecule has 0 aliphatic carbocycles. The van der Waals surface area contributed by atoms with Gasteiger partial charge in [-0.05, 0) is 35.4 Å². The van der Waals surface area contributed by atoms with Crippen molar-refractivity contribution in [1.29, 1.82) is 0 Å². The summed E-state index contributed by atoms with van der Waals surface area (Å²) in [6.45, 7) is 4.12. The maximum Gasteiger partial charge on any atom is 0.268 e. The first-order valence-corrected chi connectivity index (χ1v) is 5.99. The highest BCUT2D eigenvalue weighted by atomic mass is 127. The summed E-state index contributed by atoms with van der Waals surface area (Å²) in [7, 11) is 0. The molecule has 0 saturated carbocycles. The van der Waals surface area contributed by atoms with Gasteiger partial charge in [0.1, 0.15) is 8.72 Å². The molecule has 0 aromatic carbocycles. The van der Waals surface area contributed by atoms with E-state index < -0.39 is 0 Å². The van der Waals surface area contributed by atoms with Crippen LogP contribution in [0.3, 0.4) is 0 Å². The average Bonchev–Trinajstić information content (AvgIpc) is 2.19. The minimum atomic E-state index is -0.0423. The fourth-order valence-corrected chi connectivity index (χ4v) is 1.91. The minimum absolute atomic E-state index is 0.0423. The maximum absolute atomic E-state index is 11.8. The Morgan fingerprint density at radius 3 is 2.64 bits per heavy atom. The van der Waals surface area contributed by atoms with Gasteiger partial charge in [0.15, 0.2) is 0 Å². The molecule has 0 radical (unpaired) electrons. The first-order chi connectivity index (χ1) is 6.61. The van der Waals surface area contributed by atoms with Crippen LogP contribution in [0.1, 0.15) is 32.7 Å². The van der Waals surface area contributed by atoms with Crippen LogP contribution < -0.4 is 5.56 Å². The van der Waals surface area contributed by atoms with Crippen molar-refractivity contribution >= 4 is 34.2 Å². The third-order valence-corrected chi connectivity index (χ3v) is 3.81. The molecule has 1 aromatic rings. The van der Waals surface area contributed by atoms with Gasteiger partial charge >= 0.3 is 0 Å². The summed E-state index contributed by atoms with van der Waals surface area (Å²) in [6.07, 6.45) is 3.39. The fraction of sp³-hybridized carbons (Fsp3) is 0.556. The third-order valence-electron chi connectivity index (χ3n) is 2.23. The summed E-state index contributed by atoms with van der Waals surface area (Å²) in [5.74, 6) is 0. The lowest BCUT2D eigenvalue weighted by atomic mass is 10.2. The molecular formula is C9H12ClIN2O. The molecule has 0 fully saturated rings. The molecule has 1 heterocycles. The fourth-order valence-electron chi connectivity index (χ4n) is 1.37. The van der Waals surface area contributed by atoms with Crippen molar-refractivity contribution in [3.8, 4) is 0 Å². The van der Waals surface area contributed by atoms with Crippen LogP contribution in [0.5, 0.6) is 0 Å². The first kappa shape index (κ1) is 12.0. The van der Waals surface area contributed by atoms with Crippen molar-refractivity contribution < 1.29 is 0 Å². The Hall–Kier alpha value is -0.100. The van der Waals surface area contributed by atoms with Crippen molar-refractivity contribution in [1.82, 2.24) is 9.55 Å². The van der Waals surface area contributed by atoms with E-state index in [0.717, 1.165) is 12.8 Å². The van der Waals surface area contributed by atoms with Gasteiger partial charge in [-0.1, -0.05) is 25.4 Å². The lowest BCUT2D eigenvalue weighted by molar-refractivity contribution is 0.451. The third kappa shape index (κ3) is 2.28. The Morgan fingerprint density at radius 1 is 1.57 bits per heavy atom. The van der Waals surface area contributed by atoms with Crippen LogP contribution in [0.4, 0.5) is 0 Å². The SMILES string of the molecule is CCC(CC)n1cnc(Cl)c(I)c1=O. The molecule has 5 heteroatoms. The molecule has 0 saturated heterocycles. The molecule has 1 aromatic heterocycles. The van der Waals surface area contributed by atoms with Gasteiger partial charge in [-0.3, -0.25) is 9.36 Å². The summed E-state index contributed by atoms with van der Waals surface area (Å²) < 4.78 is 2.16. The summed E-state index contributed by atoms with van der Waals surface area (Å²) in [4.78, 5) is 15.8. The molecule has 14 heavy (non-hydrogen) atoms. The van der Waals surface area contributed by atoms with Crippen molar-refractivity contribution in [3.05, 3.63) is 25.4 Å². The zero-order valence-corrected chi connectivity index (χ0v) is 11.0. The summed E-state index contributed by atoms with van der Waals surface area (Å²) in [6, 6.07) is 0.223. The molecule has 0 N–H and O–H groups in total. The van der Waals surface area contributed by atoms with E-state index in [4.69, 9.17) is 11.6 Å². The van der Waals surface area contributed by atoms with Crippen LogP contribution in [-0.2, 0) is 0 Å². The van der Waals surface area contributed by atoms with Crippen molar-refractivity contribution in [2.75, 3.05) is 0 Å². The van der Waals surface area contributed by atoms with E-state index in [2.05, 4.69) is 18.8 Å². The quantitative estimate of drug-likeness (QED) is 0.632. The van der Waals surface area contributed by atoms with E-state index in [1.807, 2.05) is 22.6 Å².